The fourth-order valence-corrected chi connectivity index (χ4v) is 6.27. The molecule has 1 aromatic rings. The summed E-state index contributed by atoms with van der Waals surface area (Å²) in [4.78, 5) is 15.4. The molecule has 0 aliphatic carbocycles. The molecule has 156 valence electrons. The van der Waals surface area contributed by atoms with Gasteiger partial charge in [0.2, 0.25) is 15.9 Å². The molecular formula is C20H30ClN3O3S. The molecule has 1 aromatic carbocycles. The minimum atomic E-state index is -3.45. The molecule has 6 nitrogen and oxygen atoms in total. The van der Waals surface area contributed by atoms with Gasteiger partial charge in [-0.15, -0.1) is 12.4 Å². The van der Waals surface area contributed by atoms with Gasteiger partial charge in [-0.2, -0.15) is 4.31 Å². The summed E-state index contributed by atoms with van der Waals surface area (Å²) in [6, 6.07) is 8.57. The number of likely N-dealkylation sites (tertiary alicyclic amines) is 1. The number of sulfonamides is 1. The van der Waals surface area contributed by atoms with Crippen molar-refractivity contribution in [2.45, 2.75) is 30.6 Å². The van der Waals surface area contributed by atoms with Crippen LogP contribution in [0.5, 0.6) is 0 Å². The predicted molar refractivity (Wildman–Crippen MR) is 111 cm³/mol. The Hall–Kier alpha value is -1.15. The fraction of sp³-hybridized carbons (Fsp3) is 0.650. The summed E-state index contributed by atoms with van der Waals surface area (Å²) in [5, 5.41) is 3.47. The van der Waals surface area contributed by atoms with Crippen molar-refractivity contribution in [1.82, 2.24) is 14.5 Å². The highest BCUT2D eigenvalue weighted by molar-refractivity contribution is 7.89. The van der Waals surface area contributed by atoms with Crippen LogP contribution >= 0.6 is 12.4 Å². The van der Waals surface area contributed by atoms with E-state index in [9.17, 15) is 13.2 Å². The molecule has 28 heavy (non-hydrogen) atoms. The van der Waals surface area contributed by atoms with Crippen molar-refractivity contribution >= 4 is 28.3 Å². The molecule has 0 aromatic heterocycles. The van der Waals surface area contributed by atoms with E-state index in [1.165, 1.54) is 4.31 Å². The highest BCUT2D eigenvalue weighted by atomic mass is 35.5. The van der Waals surface area contributed by atoms with Crippen molar-refractivity contribution < 1.29 is 13.2 Å². The van der Waals surface area contributed by atoms with E-state index in [0.29, 0.717) is 42.7 Å². The quantitative estimate of drug-likeness (QED) is 0.800. The molecule has 3 aliphatic rings. The number of carbonyl (C=O) groups is 1. The van der Waals surface area contributed by atoms with Gasteiger partial charge in [-0.3, -0.25) is 4.79 Å². The molecule has 1 N–H and O–H groups in total. The summed E-state index contributed by atoms with van der Waals surface area (Å²) in [5.74, 6) is 1.62. The van der Waals surface area contributed by atoms with Gasteiger partial charge in [0.1, 0.15) is 0 Å². The van der Waals surface area contributed by atoms with E-state index < -0.39 is 10.0 Å². The van der Waals surface area contributed by atoms with E-state index in [1.54, 1.807) is 24.3 Å². The first kappa shape index (κ1) is 21.6. The van der Waals surface area contributed by atoms with Gasteiger partial charge in [0.05, 0.1) is 4.90 Å². The zero-order valence-corrected chi connectivity index (χ0v) is 17.8. The molecule has 0 spiro atoms. The van der Waals surface area contributed by atoms with Crippen molar-refractivity contribution in [1.29, 1.82) is 0 Å². The Morgan fingerprint density at radius 3 is 2.04 bits per heavy atom. The summed E-state index contributed by atoms with van der Waals surface area (Å²) in [6.07, 6.45) is 3.42. The van der Waals surface area contributed by atoms with Crippen molar-refractivity contribution in [2.75, 3.05) is 39.3 Å². The monoisotopic (exact) mass is 427 g/mol. The average molecular weight is 428 g/mol. The normalized spacial score (nSPS) is 26.9. The van der Waals surface area contributed by atoms with Gasteiger partial charge >= 0.3 is 0 Å². The maximum atomic E-state index is 13.0. The second-order valence-electron chi connectivity index (χ2n) is 8.07. The summed E-state index contributed by atoms with van der Waals surface area (Å²) in [7, 11) is -3.45. The number of nitrogens with zero attached hydrogens (tertiary/aromatic N) is 2. The molecule has 1 amide bonds. The molecule has 8 heteroatoms. The first-order valence-corrected chi connectivity index (χ1v) is 11.5. The number of rotatable bonds is 3. The third-order valence-electron chi connectivity index (χ3n) is 6.52. The molecule has 0 bridgehead atoms. The van der Waals surface area contributed by atoms with Gasteiger partial charge < -0.3 is 10.2 Å². The van der Waals surface area contributed by atoms with Crippen LogP contribution in [0.25, 0.3) is 0 Å². The Labute approximate surface area is 174 Å². The number of fused-ring (bicyclic) bond motifs is 1. The SMILES string of the molecule is Cl.O=C(C1CCN(S(=O)(=O)c2ccccc2)CC1)N1CC[C@@H]2CNC[C@@H]2CC1. The lowest BCUT2D eigenvalue weighted by Gasteiger charge is -2.33. The van der Waals surface area contributed by atoms with Crippen LogP contribution in [-0.4, -0.2) is 62.8 Å². The molecule has 4 rings (SSSR count). The highest BCUT2D eigenvalue weighted by Gasteiger charge is 2.36. The molecule has 3 fully saturated rings. The van der Waals surface area contributed by atoms with E-state index in [1.807, 2.05) is 11.0 Å². The van der Waals surface area contributed by atoms with E-state index in [-0.39, 0.29) is 24.2 Å². The van der Waals surface area contributed by atoms with Gasteiger partial charge in [0.25, 0.3) is 0 Å². The number of amides is 1. The number of carbonyl (C=O) groups excluding carboxylic acids is 1. The van der Waals surface area contributed by atoms with E-state index in [4.69, 9.17) is 0 Å². The second kappa shape index (κ2) is 9.11. The van der Waals surface area contributed by atoms with Crippen LogP contribution in [0.4, 0.5) is 0 Å². The summed E-state index contributed by atoms with van der Waals surface area (Å²) < 4.78 is 27.0. The molecular weight excluding hydrogens is 398 g/mol. The number of benzene rings is 1. The van der Waals surface area contributed by atoms with Gasteiger partial charge in [0.15, 0.2) is 0 Å². The third kappa shape index (κ3) is 4.37. The fourth-order valence-electron chi connectivity index (χ4n) is 4.78. The van der Waals surface area contributed by atoms with Crippen molar-refractivity contribution in [3.63, 3.8) is 0 Å². The molecule has 0 radical (unpaired) electrons. The van der Waals surface area contributed by atoms with Crippen LogP contribution in [0.1, 0.15) is 25.7 Å². The Bertz CT molecular complexity index is 752. The minimum absolute atomic E-state index is 0. The molecule has 2 atom stereocenters. The number of hydrogen-bond acceptors (Lipinski definition) is 4. The van der Waals surface area contributed by atoms with E-state index in [0.717, 1.165) is 39.0 Å². The molecule has 3 aliphatic heterocycles. The molecule has 3 heterocycles. The first-order valence-electron chi connectivity index (χ1n) is 10.1. The lowest BCUT2D eigenvalue weighted by Crippen LogP contribution is -2.44. The number of hydrogen-bond donors (Lipinski definition) is 1. The third-order valence-corrected chi connectivity index (χ3v) is 8.43. The Balaban J connectivity index is 0.00000225. The maximum absolute atomic E-state index is 13.0. The Kier molecular flexibility index (Phi) is 7.02. The zero-order valence-electron chi connectivity index (χ0n) is 16.1. The molecule has 0 saturated carbocycles. The number of nitrogens with one attached hydrogen (secondary N) is 1. The van der Waals surface area contributed by atoms with Crippen LogP contribution in [0.15, 0.2) is 35.2 Å². The molecule has 3 saturated heterocycles. The lowest BCUT2D eigenvalue weighted by atomic mass is 9.92. The van der Waals surface area contributed by atoms with Crippen LogP contribution in [0, 0.1) is 17.8 Å². The molecule has 0 unspecified atom stereocenters. The minimum Gasteiger partial charge on any atom is -0.342 e. The first-order chi connectivity index (χ1) is 13.1. The van der Waals surface area contributed by atoms with Crippen LogP contribution < -0.4 is 5.32 Å². The summed E-state index contributed by atoms with van der Waals surface area (Å²) in [6.45, 7) is 4.73. The zero-order chi connectivity index (χ0) is 18.9. The number of halogens is 1. The predicted octanol–water partition coefficient (Wildman–Crippen LogP) is 1.97. The van der Waals surface area contributed by atoms with Crippen LogP contribution in [-0.2, 0) is 14.8 Å². The highest BCUT2D eigenvalue weighted by Crippen LogP contribution is 2.30. The van der Waals surface area contributed by atoms with E-state index in [2.05, 4.69) is 5.32 Å². The smallest absolute Gasteiger partial charge is 0.243 e. The maximum Gasteiger partial charge on any atom is 0.243 e. The summed E-state index contributed by atoms with van der Waals surface area (Å²) in [5.41, 5.74) is 0. The van der Waals surface area contributed by atoms with Crippen LogP contribution in [0.2, 0.25) is 0 Å². The average Bonchev–Trinajstić information content (AvgIpc) is 3.06. The largest absolute Gasteiger partial charge is 0.342 e. The number of piperidine rings is 1. The van der Waals surface area contributed by atoms with Gasteiger partial charge in [-0.1, -0.05) is 18.2 Å². The topological polar surface area (TPSA) is 69.7 Å². The Morgan fingerprint density at radius 1 is 0.893 bits per heavy atom. The van der Waals surface area contributed by atoms with Gasteiger partial charge in [-0.05, 0) is 62.7 Å². The van der Waals surface area contributed by atoms with E-state index >= 15 is 0 Å². The standard InChI is InChI=1S/C20H29N3O3S.ClH/c24-20(22-10-6-17-14-21-15-18(17)7-11-22)16-8-12-23(13-9-16)27(25,26)19-4-2-1-3-5-19;/h1-5,16-18,21H,6-15H2;1H/t17-,18+;. The second-order valence-corrected chi connectivity index (χ2v) is 10.0. The van der Waals surface area contributed by atoms with Gasteiger partial charge in [-0.25, -0.2) is 8.42 Å². The van der Waals surface area contributed by atoms with Crippen LogP contribution in [0.3, 0.4) is 0 Å². The van der Waals surface area contributed by atoms with Gasteiger partial charge in [0, 0.05) is 32.1 Å². The lowest BCUT2D eigenvalue weighted by molar-refractivity contribution is -0.136. The Morgan fingerprint density at radius 2 is 1.46 bits per heavy atom. The van der Waals surface area contributed by atoms with Crippen molar-refractivity contribution in [2.24, 2.45) is 17.8 Å². The summed E-state index contributed by atoms with van der Waals surface area (Å²) >= 11 is 0. The van der Waals surface area contributed by atoms with Crippen molar-refractivity contribution in [3.8, 4) is 0 Å². The van der Waals surface area contributed by atoms with Crippen molar-refractivity contribution in [3.05, 3.63) is 30.3 Å².